The first kappa shape index (κ1) is 59.4. The molecule has 6 aromatic rings. The van der Waals surface area contributed by atoms with Crippen LogP contribution in [0.4, 0.5) is 5.69 Å². The number of aromatic amines is 1. The van der Waals surface area contributed by atoms with Crippen LogP contribution in [0.5, 0.6) is 0 Å². The smallest absolute Gasteiger partial charge is 0.255 e. The minimum Gasteiger partial charge on any atom is -0.391 e. The molecular weight excluding hydrogens is 1050 g/mol. The number of carbonyl (C=O) groups is 5. The van der Waals surface area contributed by atoms with Gasteiger partial charge in [-0.2, -0.15) is 5.10 Å². The predicted octanol–water partition coefficient (Wildman–Crippen LogP) is 4.59. The zero-order chi connectivity index (χ0) is 56.6. The van der Waals surface area contributed by atoms with Gasteiger partial charge in [-0.25, -0.2) is 9.97 Å². The molecule has 4 atom stereocenters. The Kier molecular flexibility index (Phi) is 21.3. The van der Waals surface area contributed by atoms with E-state index in [1.54, 1.807) is 39.9 Å². The molecule has 0 saturated carbocycles. The summed E-state index contributed by atoms with van der Waals surface area (Å²) in [6, 6.07) is 17.6. The highest BCUT2D eigenvalue weighted by Crippen LogP contribution is 2.29. The lowest BCUT2D eigenvalue weighted by atomic mass is 9.85. The number of aliphatic hydroxyl groups excluding tert-OH is 1. The maximum atomic E-state index is 13.9. The molecule has 0 unspecified atom stereocenters. The Bertz CT molecular complexity index is 3030. The van der Waals surface area contributed by atoms with Crippen molar-refractivity contribution < 1.29 is 52.8 Å². The number of β-amino-alcohol motifs (C(OH)–C–C–N with tert-alkyl or cyclic N) is 1. The van der Waals surface area contributed by atoms with E-state index < -0.39 is 35.4 Å². The van der Waals surface area contributed by atoms with Crippen LogP contribution in [-0.4, -0.2) is 179 Å². The number of aromatic nitrogens is 5. The number of amides is 5. The fourth-order valence-electron chi connectivity index (χ4n) is 9.69. The van der Waals surface area contributed by atoms with E-state index in [1.807, 2.05) is 76.2 Å². The number of aliphatic hydroxyl groups is 1. The van der Waals surface area contributed by atoms with Crippen molar-refractivity contribution in [1.29, 1.82) is 0 Å². The standard InChI is InChI=1S/C57H75N11O11S/c1-37-7-6-17-66(37)33-49-63-45-14-13-43(28-46(45)64-49)62-54(72)41-12-15-47-42(27-41)31-61-68(47)18-16-58-50(70)34-78-25-23-76-21-19-75-20-22-77-24-26-79-35-51(71)65-53(57(3,4)5)56(74)67-32-44(69)29-48(67)55(73)59-30-39-8-10-40(11-9-39)52-38(2)60-36-80-52/h8-15,27-28,31,36-37,44,48,53,69H,6-7,16-26,29-30,32-35H2,1-5H3,(H,58,70)(H,59,73)(H,62,72)(H,63,64)(H,65,71)/t37-,44+,48-,53+/m0/s1. The molecule has 3 aromatic carbocycles. The lowest BCUT2D eigenvalue weighted by Gasteiger charge is -2.35. The molecule has 22 nitrogen and oxygen atoms in total. The second-order valence-electron chi connectivity index (χ2n) is 21.2. The van der Waals surface area contributed by atoms with E-state index in [1.165, 1.54) is 17.7 Å². The molecule has 430 valence electrons. The summed E-state index contributed by atoms with van der Waals surface area (Å²) >= 11 is 1.57. The number of ether oxygens (including phenoxy) is 5. The van der Waals surface area contributed by atoms with Crippen LogP contribution >= 0.6 is 11.3 Å². The average molecular weight is 1120 g/mol. The van der Waals surface area contributed by atoms with Crippen molar-refractivity contribution in [1.82, 2.24) is 50.5 Å². The lowest BCUT2D eigenvalue weighted by Crippen LogP contribution is -2.58. The summed E-state index contributed by atoms with van der Waals surface area (Å²) in [5.74, 6) is -0.914. The normalized spacial score (nSPS) is 17.1. The molecule has 8 rings (SSSR count). The fraction of sp³-hybridized carbons (Fsp3) is 0.509. The van der Waals surface area contributed by atoms with Gasteiger partial charge in [-0.15, -0.1) is 11.3 Å². The van der Waals surface area contributed by atoms with Gasteiger partial charge in [0.15, 0.2) is 0 Å². The summed E-state index contributed by atoms with van der Waals surface area (Å²) in [5.41, 5.74) is 7.73. The van der Waals surface area contributed by atoms with Gasteiger partial charge in [0.2, 0.25) is 23.6 Å². The zero-order valence-electron chi connectivity index (χ0n) is 46.3. The molecule has 2 aliphatic rings. The number of fused-ring (bicyclic) bond motifs is 2. The Morgan fingerprint density at radius 2 is 1.56 bits per heavy atom. The molecule has 2 aliphatic heterocycles. The number of thiazole rings is 1. The van der Waals surface area contributed by atoms with Gasteiger partial charge in [0.1, 0.15) is 31.1 Å². The first-order valence-corrected chi connectivity index (χ1v) is 28.2. The van der Waals surface area contributed by atoms with E-state index in [4.69, 9.17) is 28.7 Å². The number of benzene rings is 3. The van der Waals surface area contributed by atoms with Crippen LogP contribution < -0.4 is 21.3 Å². The second-order valence-corrected chi connectivity index (χ2v) is 22.1. The van der Waals surface area contributed by atoms with Crippen LogP contribution in [0, 0.1) is 12.3 Å². The van der Waals surface area contributed by atoms with Gasteiger partial charge in [-0.1, -0.05) is 45.0 Å². The summed E-state index contributed by atoms with van der Waals surface area (Å²) in [6.07, 6.45) is 3.32. The minimum absolute atomic E-state index is 0.0275. The molecule has 0 bridgehead atoms. The first-order chi connectivity index (χ1) is 38.6. The van der Waals surface area contributed by atoms with Crippen LogP contribution in [-0.2, 0) is 62.5 Å². The van der Waals surface area contributed by atoms with Gasteiger partial charge in [-0.05, 0) is 86.2 Å². The second kappa shape index (κ2) is 28.6. The van der Waals surface area contributed by atoms with Crippen molar-refractivity contribution in [3.63, 3.8) is 0 Å². The van der Waals surface area contributed by atoms with Crippen molar-refractivity contribution >= 4 is 68.5 Å². The van der Waals surface area contributed by atoms with Crippen LogP contribution in [0.3, 0.4) is 0 Å². The maximum Gasteiger partial charge on any atom is 0.255 e. The van der Waals surface area contributed by atoms with E-state index in [9.17, 15) is 29.1 Å². The fourth-order valence-corrected chi connectivity index (χ4v) is 10.5. The minimum atomic E-state index is -0.979. The van der Waals surface area contributed by atoms with Crippen molar-refractivity contribution in [2.24, 2.45) is 5.41 Å². The summed E-state index contributed by atoms with van der Waals surface area (Å²) < 4.78 is 29.4. The van der Waals surface area contributed by atoms with Gasteiger partial charge >= 0.3 is 0 Å². The third-order valence-corrected chi connectivity index (χ3v) is 15.0. The molecule has 0 radical (unpaired) electrons. The third-order valence-electron chi connectivity index (χ3n) is 14.0. The van der Waals surface area contributed by atoms with E-state index in [2.05, 4.69) is 48.2 Å². The Morgan fingerprint density at radius 1 is 0.863 bits per heavy atom. The number of anilines is 1. The van der Waals surface area contributed by atoms with E-state index in [0.717, 1.165) is 62.5 Å². The average Bonchev–Trinajstić information content (AvgIpc) is 4.30. The van der Waals surface area contributed by atoms with Crippen molar-refractivity contribution in [3.05, 3.63) is 95.0 Å². The predicted molar refractivity (Wildman–Crippen MR) is 302 cm³/mol. The molecule has 2 saturated heterocycles. The Morgan fingerprint density at radius 3 is 2.23 bits per heavy atom. The molecule has 5 heterocycles. The maximum absolute atomic E-state index is 13.9. The largest absolute Gasteiger partial charge is 0.391 e. The van der Waals surface area contributed by atoms with E-state index in [0.29, 0.717) is 56.8 Å². The lowest BCUT2D eigenvalue weighted by molar-refractivity contribution is -0.144. The van der Waals surface area contributed by atoms with Crippen LogP contribution in [0.15, 0.2) is 72.4 Å². The number of aryl methyl sites for hydroxylation is 1. The van der Waals surface area contributed by atoms with Crippen molar-refractivity contribution in [3.8, 4) is 10.4 Å². The summed E-state index contributed by atoms with van der Waals surface area (Å²) in [4.78, 5) is 83.3. The molecule has 0 aliphatic carbocycles. The summed E-state index contributed by atoms with van der Waals surface area (Å²) in [6.45, 7) is 14.2. The highest BCUT2D eigenvalue weighted by atomic mass is 32.1. The number of nitrogens with zero attached hydrogens (tertiary/aromatic N) is 6. The molecule has 2 fully saturated rings. The van der Waals surface area contributed by atoms with Crippen LogP contribution in [0.1, 0.15) is 74.4 Å². The summed E-state index contributed by atoms with van der Waals surface area (Å²) in [5, 5.41) is 27.4. The zero-order valence-corrected chi connectivity index (χ0v) is 47.1. The van der Waals surface area contributed by atoms with Crippen molar-refractivity contribution in [2.75, 3.05) is 91.0 Å². The Hall–Kier alpha value is -6.70. The SMILES string of the molecule is Cc1ncsc1-c1ccc(CNC(=O)[C@@H]2C[C@@H](O)CN2C(=O)[C@@H](NC(=O)COCCOCCOCCOCCOCC(=O)NCCn2ncc3cc(C(=O)Nc4ccc5nc(CN6CCC[C@@H]6C)[nH]c5c4)ccc32)C(C)(C)C)cc1. The monoisotopic (exact) mass is 1120 g/mol. The molecule has 23 heteroatoms. The number of nitrogens with one attached hydrogen (secondary N) is 5. The van der Waals surface area contributed by atoms with Crippen LogP contribution in [0.2, 0.25) is 0 Å². The molecular formula is C57H75N11O11S. The van der Waals surface area contributed by atoms with Gasteiger partial charge in [-0.3, -0.25) is 33.6 Å². The number of carbonyl (C=O) groups excluding carboxylic acids is 5. The Balaban J connectivity index is 0.622. The Labute approximate surface area is 469 Å². The number of hydrogen-bond acceptors (Lipinski definition) is 16. The van der Waals surface area contributed by atoms with Gasteiger partial charge in [0.25, 0.3) is 5.91 Å². The van der Waals surface area contributed by atoms with Crippen LogP contribution in [0.25, 0.3) is 32.4 Å². The molecule has 80 heavy (non-hydrogen) atoms. The number of likely N-dealkylation sites (tertiary alicyclic amines) is 2. The van der Waals surface area contributed by atoms with Gasteiger partial charge in [0, 0.05) is 48.7 Å². The summed E-state index contributed by atoms with van der Waals surface area (Å²) in [7, 11) is 0. The molecule has 5 amide bonds. The number of H-pyrrole nitrogens is 1. The molecule has 3 aromatic heterocycles. The van der Waals surface area contributed by atoms with Crippen molar-refractivity contribution in [2.45, 2.75) is 97.7 Å². The van der Waals surface area contributed by atoms with Gasteiger partial charge < -0.3 is 59.9 Å². The van der Waals surface area contributed by atoms with E-state index >= 15 is 0 Å². The highest BCUT2D eigenvalue weighted by molar-refractivity contribution is 7.13. The molecule has 0 spiro atoms. The highest BCUT2D eigenvalue weighted by Gasteiger charge is 2.44. The third kappa shape index (κ3) is 16.7. The first-order valence-electron chi connectivity index (χ1n) is 27.3. The number of imidazole rings is 1. The topological polar surface area (TPSA) is 266 Å². The molecule has 6 N–H and O–H groups in total. The van der Waals surface area contributed by atoms with E-state index in [-0.39, 0.29) is 76.9 Å². The number of hydrogen-bond donors (Lipinski definition) is 6. The van der Waals surface area contributed by atoms with Gasteiger partial charge in [0.05, 0.1) is 111 Å². The quantitative estimate of drug-likeness (QED) is 0.0351. The number of rotatable bonds is 29.